The molecule has 0 aliphatic rings. The number of nitrogens with two attached hydrogens (primary N) is 1. The van der Waals surface area contributed by atoms with Crippen LogP contribution in [0.25, 0.3) is 0 Å². The highest BCUT2D eigenvalue weighted by Gasteiger charge is 2.09. The molecule has 0 fully saturated rings. The van der Waals surface area contributed by atoms with Gasteiger partial charge in [0.15, 0.2) is 0 Å². The van der Waals surface area contributed by atoms with Crippen LogP contribution < -0.4 is 5.73 Å². The summed E-state index contributed by atoms with van der Waals surface area (Å²) in [6, 6.07) is 0. The van der Waals surface area contributed by atoms with Gasteiger partial charge in [0.05, 0.1) is 6.42 Å². The summed E-state index contributed by atoms with van der Waals surface area (Å²) in [5.41, 5.74) is 4.78. The highest BCUT2D eigenvalue weighted by atomic mass is 16.1. The van der Waals surface area contributed by atoms with Crippen LogP contribution in [0.4, 0.5) is 0 Å². The Morgan fingerprint density at radius 3 is 2.11 bits per heavy atom. The second kappa shape index (κ2) is 3.22. The molecule has 0 heterocycles. The van der Waals surface area contributed by atoms with Crippen LogP contribution in [0.15, 0.2) is 0 Å². The highest BCUT2D eigenvalue weighted by Crippen LogP contribution is 1.99. The van der Waals surface area contributed by atoms with Gasteiger partial charge < -0.3 is 5.73 Å². The van der Waals surface area contributed by atoms with E-state index in [-0.39, 0.29) is 11.7 Å². The first-order valence-electron chi connectivity index (χ1n) is 2.68. The van der Waals surface area contributed by atoms with Crippen molar-refractivity contribution in [3.8, 4) is 0 Å². The summed E-state index contributed by atoms with van der Waals surface area (Å²) in [7, 11) is 0. The van der Waals surface area contributed by atoms with Crippen LogP contribution in [0.1, 0.15) is 13.8 Å². The van der Waals surface area contributed by atoms with E-state index >= 15 is 0 Å². The number of carbonyl (C=O) groups excluding carboxylic acids is 2. The number of hydrogen-bond acceptors (Lipinski definition) is 2. The van der Waals surface area contributed by atoms with Crippen LogP contribution in [0.3, 0.4) is 0 Å². The monoisotopic (exact) mass is 128 g/mol. The molecule has 3 heteroatoms. The van der Waals surface area contributed by atoms with Gasteiger partial charge in [0.2, 0.25) is 5.91 Å². The van der Waals surface area contributed by atoms with E-state index in [1.807, 2.05) is 0 Å². The van der Waals surface area contributed by atoms with Crippen molar-refractivity contribution in [2.75, 3.05) is 0 Å². The molecule has 3 nitrogen and oxygen atoms in total. The molecule has 0 aliphatic heterocycles. The van der Waals surface area contributed by atoms with Crippen molar-refractivity contribution in [2.45, 2.75) is 13.8 Å². The Hall–Kier alpha value is -0.860. The van der Waals surface area contributed by atoms with Crippen molar-refractivity contribution in [1.82, 2.24) is 0 Å². The van der Waals surface area contributed by atoms with Gasteiger partial charge in [0.25, 0.3) is 0 Å². The normalized spacial score (nSPS) is 12.7. The Morgan fingerprint density at radius 2 is 2.00 bits per heavy atom. The molecule has 0 spiro atoms. The Kier molecular flexibility index (Phi) is 2.91. The first kappa shape index (κ1) is 8.14. The summed E-state index contributed by atoms with van der Waals surface area (Å²) in [4.78, 5) is 20.6. The summed E-state index contributed by atoms with van der Waals surface area (Å²) in [5, 5.41) is 0. The Balaban J connectivity index is 3.63. The lowest BCUT2D eigenvalue weighted by atomic mass is 10.0. The minimum Gasteiger partial charge on any atom is -0.369 e. The van der Waals surface area contributed by atoms with Crippen LogP contribution in [-0.4, -0.2) is 11.7 Å². The summed E-state index contributed by atoms with van der Waals surface area (Å²) in [5.74, 6) is -0.936. The average molecular weight is 128 g/mol. The van der Waals surface area contributed by atoms with Crippen LogP contribution in [-0.2, 0) is 9.59 Å². The molecule has 2 N–H and O–H groups in total. The lowest BCUT2D eigenvalue weighted by Gasteiger charge is -2.00. The molecule has 0 aromatic rings. The van der Waals surface area contributed by atoms with Gasteiger partial charge in [-0.3, -0.25) is 9.59 Å². The second-order valence-electron chi connectivity index (χ2n) is 1.97. The number of rotatable bonds is 3. The van der Waals surface area contributed by atoms with Crippen LogP contribution in [0.5, 0.6) is 0 Å². The minimum absolute atomic E-state index is 0.0474. The fourth-order valence-corrected chi connectivity index (χ4v) is 0.364. The quantitative estimate of drug-likeness (QED) is 0.577. The van der Waals surface area contributed by atoms with Crippen molar-refractivity contribution in [3.63, 3.8) is 0 Å². The van der Waals surface area contributed by atoms with E-state index in [2.05, 4.69) is 0 Å². The molecule has 0 aromatic carbocycles. The van der Waals surface area contributed by atoms with Crippen molar-refractivity contribution < 1.29 is 9.59 Å². The molecule has 9 heavy (non-hydrogen) atoms. The molecule has 0 aliphatic carbocycles. The fourth-order valence-electron chi connectivity index (χ4n) is 0.364. The molecule has 0 saturated heterocycles. The van der Waals surface area contributed by atoms with E-state index in [1.54, 1.807) is 6.92 Å². The molecular weight excluding hydrogens is 118 g/mol. The number of hydrogen-bond donors (Lipinski definition) is 1. The van der Waals surface area contributed by atoms with Crippen molar-refractivity contribution in [1.29, 1.82) is 0 Å². The number of primary amides is 1. The van der Waals surface area contributed by atoms with E-state index in [0.717, 1.165) is 0 Å². The van der Waals surface area contributed by atoms with E-state index in [4.69, 9.17) is 5.73 Å². The first-order valence-corrected chi connectivity index (χ1v) is 2.68. The molecule has 0 saturated carbocycles. The van der Waals surface area contributed by atoms with E-state index in [0.29, 0.717) is 0 Å². The summed E-state index contributed by atoms with van der Waals surface area (Å²) in [6.45, 7) is 3.05. The maximum Gasteiger partial charge on any atom is 0.222 e. The standard InChI is InChI=1S/C6H10NO2/c1-4(5(2)8)3-6(7)9/h3-4H,1-2H3,(H2,7,9). The van der Waals surface area contributed by atoms with Gasteiger partial charge in [-0.25, -0.2) is 0 Å². The zero-order chi connectivity index (χ0) is 7.44. The largest absolute Gasteiger partial charge is 0.369 e. The number of carbonyl (C=O) groups is 2. The van der Waals surface area contributed by atoms with Crippen LogP contribution >= 0.6 is 0 Å². The highest BCUT2D eigenvalue weighted by molar-refractivity contribution is 5.91. The predicted octanol–water partition coefficient (Wildman–Crippen LogP) is -0.0989. The van der Waals surface area contributed by atoms with Gasteiger partial charge in [-0.2, -0.15) is 0 Å². The molecule has 1 unspecified atom stereocenters. The van der Waals surface area contributed by atoms with Crippen molar-refractivity contribution in [2.24, 2.45) is 11.7 Å². The maximum atomic E-state index is 10.4. The third-order valence-corrected chi connectivity index (χ3v) is 1.06. The van der Waals surface area contributed by atoms with E-state index in [1.165, 1.54) is 13.3 Å². The average Bonchev–Trinajstić information content (AvgIpc) is 1.63. The Morgan fingerprint density at radius 1 is 1.56 bits per heavy atom. The Bertz CT molecular complexity index is 131. The molecule has 0 rings (SSSR count). The molecule has 51 valence electrons. The smallest absolute Gasteiger partial charge is 0.222 e. The minimum atomic E-state index is -0.544. The SMILES string of the molecule is CC(=O)C(C)[CH]C(N)=O. The van der Waals surface area contributed by atoms with Gasteiger partial charge in [-0.15, -0.1) is 0 Å². The fraction of sp³-hybridized carbons (Fsp3) is 0.500. The molecule has 1 radical (unpaired) electrons. The Labute approximate surface area is 54.2 Å². The zero-order valence-electron chi connectivity index (χ0n) is 5.55. The zero-order valence-corrected chi connectivity index (χ0v) is 5.55. The number of ketones is 1. The summed E-state index contributed by atoms with van der Waals surface area (Å²) >= 11 is 0. The van der Waals surface area contributed by atoms with Gasteiger partial charge in [0.1, 0.15) is 5.78 Å². The van der Waals surface area contributed by atoms with Crippen molar-refractivity contribution in [3.05, 3.63) is 6.42 Å². The summed E-state index contributed by atoms with van der Waals surface area (Å²) in [6.07, 6.45) is 1.20. The van der Waals surface area contributed by atoms with Crippen LogP contribution in [0, 0.1) is 12.3 Å². The van der Waals surface area contributed by atoms with Crippen molar-refractivity contribution >= 4 is 11.7 Å². The maximum absolute atomic E-state index is 10.4. The molecule has 1 atom stereocenters. The molecular formula is C6H10NO2. The summed E-state index contributed by atoms with van der Waals surface area (Å²) < 4.78 is 0. The topological polar surface area (TPSA) is 60.2 Å². The third-order valence-electron chi connectivity index (χ3n) is 1.06. The van der Waals surface area contributed by atoms with E-state index in [9.17, 15) is 9.59 Å². The lowest BCUT2D eigenvalue weighted by Crippen LogP contribution is -2.19. The molecule has 0 bridgehead atoms. The predicted molar refractivity (Wildman–Crippen MR) is 33.3 cm³/mol. The van der Waals surface area contributed by atoms with Gasteiger partial charge >= 0.3 is 0 Å². The second-order valence-corrected chi connectivity index (χ2v) is 1.97. The lowest BCUT2D eigenvalue weighted by molar-refractivity contribution is -0.122. The van der Waals surface area contributed by atoms with Gasteiger partial charge in [-0.1, -0.05) is 6.92 Å². The van der Waals surface area contributed by atoms with Crippen LogP contribution in [0.2, 0.25) is 0 Å². The number of Topliss-reactive ketones (excluding diaryl/α,β-unsaturated/α-hetero) is 1. The van der Waals surface area contributed by atoms with Gasteiger partial charge in [0, 0.05) is 5.92 Å². The third kappa shape index (κ3) is 3.70. The molecule has 1 amide bonds. The van der Waals surface area contributed by atoms with E-state index < -0.39 is 5.91 Å². The first-order chi connectivity index (χ1) is 4.04. The number of amides is 1. The molecule has 0 aromatic heterocycles. The van der Waals surface area contributed by atoms with Gasteiger partial charge in [-0.05, 0) is 6.92 Å².